The van der Waals surface area contributed by atoms with Gasteiger partial charge >= 0.3 is 0 Å². The van der Waals surface area contributed by atoms with E-state index in [1.165, 1.54) is 29.3 Å². The van der Waals surface area contributed by atoms with Gasteiger partial charge in [0.25, 0.3) is 11.1 Å². The lowest BCUT2D eigenvalue weighted by molar-refractivity contribution is -0.115. The van der Waals surface area contributed by atoms with Crippen LogP contribution in [0.5, 0.6) is 5.75 Å². The second kappa shape index (κ2) is 9.13. The summed E-state index contributed by atoms with van der Waals surface area (Å²) >= 11 is 1.37. The van der Waals surface area contributed by atoms with Crippen LogP contribution in [0.15, 0.2) is 52.1 Å². The van der Waals surface area contributed by atoms with Crippen molar-refractivity contribution >= 4 is 23.4 Å². The molecule has 0 aliphatic heterocycles. The van der Waals surface area contributed by atoms with Crippen LogP contribution in [0.3, 0.4) is 0 Å². The molecule has 150 valence electrons. The van der Waals surface area contributed by atoms with E-state index in [1.807, 2.05) is 37.3 Å². The third kappa shape index (κ3) is 5.38. The Bertz CT molecular complexity index is 1000. The number of ether oxygens (including phenoxy) is 1. The summed E-state index contributed by atoms with van der Waals surface area (Å²) in [7, 11) is 0. The quantitative estimate of drug-likeness (QED) is 0.549. The lowest BCUT2D eigenvalue weighted by atomic mass is 10.1. The Morgan fingerprint density at radius 1 is 1.17 bits per heavy atom. The van der Waals surface area contributed by atoms with Gasteiger partial charge in [0, 0.05) is 17.9 Å². The maximum Gasteiger partial charge on any atom is 0.276 e. The number of nitrogens with zero attached hydrogens (tertiary/aromatic N) is 2. The van der Waals surface area contributed by atoms with Crippen molar-refractivity contribution in [3.63, 3.8) is 0 Å². The number of amides is 1. The molecule has 1 N–H and O–H groups in total. The molecule has 1 aliphatic rings. The van der Waals surface area contributed by atoms with Crippen LogP contribution < -0.4 is 10.1 Å². The summed E-state index contributed by atoms with van der Waals surface area (Å²) in [5, 5.41) is 11.4. The van der Waals surface area contributed by atoms with Gasteiger partial charge in [-0.1, -0.05) is 30.0 Å². The number of nitrogens with one attached hydrogen (secondary N) is 1. The fourth-order valence-corrected chi connectivity index (χ4v) is 4.02. The molecule has 3 aromatic rings. The minimum atomic E-state index is -0.0158. The molecule has 0 spiro atoms. The topological polar surface area (TPSA) is 77.2 Å². The summed E-state index contributed by atoms with van der Waals surface area (Å²) in [6.45, 7) is 2.23. The number of thioether (sulfide) groups is 1. The van der Waals surface area contributed by atoms with Crippen molar-refractivity contribution in [3.8, 4) is 5.75 Å². The largest absolute Gasteiger partial charge is 0.484 e. The van der Waals surface area contributed by atoms with Crippen LogP contribution in [0.1, 0.15) is 35.4 Å². The van der Waals surface area contributed by atoms with Crippen molar-refractivity contribution in [1.82, 2.24) is 10.2 Å². The van der Waals surface area contributed by atoms with Crippen molar-refractivity contribution < 1.29 is 13.9 Å². The summed E-state index contributed by atoms with van der Waals surface area (Å²) in [4.78, 5) is 12.2. The predicted molar refractivity (Wildman–Crippen MR) is 112 cm³/mol. The monoisotopic (exact) mass is 409 g/mol. The average molecular weight is 410 g/mol. The lowest BCUT2D eigenvalue weighted by Crippen LogP contribution is -2.12. The zero-order chi connectivity index (χ0) is 20.1. The van der Waals surface area contributed by atoms with Gasteiger partial charge in [-0.3, -0.25) is 4.79 Å². The highest BCUT2D eigenvalue weighted by Gasteiger charge is 2.13. The highest BCUT2D eigenvalue weighted by atomic mass is 32.2. The van der Waals surface area contributed by atoms with Gasteiger partial charge in [-0.2, -0.15) is 0 Å². The van der Waals surface area contributed by atoms with Crippen molar-refractivity contribution in [2.75, 3.05) is 11.1 Å². The van der Waals surface area contributed by atoms with Gasteiger partial charge in [-0.15, -0.1) is 10.2 Å². The number of hydrogen-bond acceptors (Lipinski definition) is 6. The molecular formula is C22H23N3O3S. The van der Waals surface area contributed by atoms with Gasteiger partial charge in [0.1, 0.15) is 5.75 Å². The lowest BCUT2D eigenvalue weighted by Gasteiger charge is -2.07. The number of anilines is 1. The van der Waals surface area contributed by atoms with Crippen molar-refractivity contribution in [3.05, 3.63) is 65.0 Å². The van der Waals surface area contributed by atoms with E-state index in [0.29, 0.717) is 23.3 Å². The van der Waals surface area contributed by atoms with Gasteiger partial charge in [0.05, 0.1) is 0 Å². The van der Waals surface area contributed by atoms with E-state index in [-0.39, 0.29) is 12.5 Å². The van der Waals surface area contributed by atoms with E-state index in [2.05, 4.69) is 27.6 Å². The van der Waals surface area contributed by atoms with Gasteiger partial charge < -0.3 is 14.5 Å². The molecule has 0 atom stereocenters. The Morgan fingerprint density at radius 3 is 2.97 bits per heavy atom. The first-order valence-corrected chi connectivity index (χ1v) is 10.7. The van der Waals surface area contributed by atoms with Crippen LogP contribution in [0.4, 0.5) is 5.69 Å². The van der Waals surface area contributed by atoms with Crippen LogP contribution in [-0.2, 0) is 24.2 Å². The maximum absolute atomic E-state index is 12.2. The van der Waals surface area contributed by atoms with Gasteiger partial charge in [-0.25, -0.2) is 0 Å². The van der Waals surface area contributed by atoms with E-state index in [1.54, 1.807) is 0 Å². The molecule has 7 heteroatoms. The summed E-state index contributed by atoms with van der Waals surface area (Å²) < 4.78 is 11.2. The molecule has 29 heavy (non-hydrogen) atoms. The molecular weight excluding hydrogens is 386 g/mol. The molecule has 1 aliphatic carbocycles. The zero-order valence-electron chi connectivity index (χ0n) is 16.3. The van der Waals surface area contributed by atoms with Crippen LogP contribution in [0, 0.1) is 6.92 Å². The summed E-state index contributed by atoms with van der Waals surface area (Å²) in [5.41, 5.74) is 4.75. The fraction of sp³-hybridized carbons (Fsp3) is 0.318. The van der Waals surface area contributed by atoms with E-state index >= 15 is 0 Å². The standard InChI is InChI=1S/C22H23N3O3S/c1-15-4-2-7-19(12-15)27-14-21-24-25-22(28-21)29-11-10-20(26)23-18-9-8-16-5-3-6-17(16)13-18/h2,4,7-9,12-13H,3,5-6,10-11,14H2,1H3,(H,23,26). The minimum absolute atomic E-state index is 0.0158. The summed E-state index contributed by atoms with van der Waals surface area (Å²) in [5.74, 6) is 1.73. The smallest absolute Gasteiger partial charge is 0.276 e. The number of benzene rings is 2. The summed E-state index contributed by atoms with van der Waals surface area (Å²) in [6.07, 6.45) is 3.81. The SMILES string of the molecule is Cc1cccc(OCc2nnc(SCCC(=O)Nc3ccc4c(c3)CCC4)o2)c1. The summed E-state index contributed by atoms with van der Waals surface area (Å²) in [6, 6.07) is 14.0. The minimum Gasteiger partial charge on any atom is -0.484 e. The van der Waals surface area contributed by atoms with Crippen LogP contribution in [0.25, 0.3) is 0 Å². The molecule has 1 aromatic heterocycles. The molecule has 0 saturated heterocycles. The van der Waals surface area contributed by atoms with Crippen LogP contribution in [0.2, 0.25) is 0 Å². The molecule has 1 heterocycles. The third-order valence-electron chi connectivity index (χ3n) is 4.74. The van der Waals surface area contributed by atoms with Crippen molar-refractivity contribution in [2.24, 2.45) is 0 Å². The molecule has 6 nitrogen and oxygen atoms in total. The fourth-order valence-electron chi connectivity index (χ4n) is 3.31. The normalized spacial score (nSPS) is 12.6. The van der Waals surface area contributed by atoms with E-state index in [9.17, 15) is 4.79 Å². The number of aromatic nitrogens is 2. The van der Waals surface area contributed by atoms with Gasteiger partial charge in [0.15, 0.2) is 6.61 Å². The molecule has 0 unspecified atom stereocenters. The Labute approximate surface area is 174 Å². The number of hydrogen-bond donors (Lipinski definition) is 1. The zero-order valence-corrected chi connectivity index (χ0v) is 17.1. The highest BCUT2D eigenvalue weighted by Crippen LogP contribution is 2.25. The predicted octanol–water partition coefficient (Wildman–Crippen LogP) is 4.57. The Morgan fingerprint density at radius 2 is 2.07 bits per heavy atom. The first kappa shape index (κ1) is 19.5. The number of carbonyl (C=O) groups is 1. The second-order valence-electron chi connectivity index (χ2n) is 7.05. The number of carbonyl (C=O) groups excluding carboxylic acids is 1. The van der Waals surface area contributed by atoms with Crippen LogP contribution in [-0.4, -0.2) is 21.9 Å². The van der Waals surface area contributed by atoms with Gasteiger partial charge in [0.2, 0.25) is 5.91 Å². The van der Waals surface area contributed by atoms with Gasteiger partial charge in [-0.05, 0) is 67.1 Å². The average Bonchev–Trinajstić information content (AvgIpc) is 3.35. The molecule has 0 saturated carbocycles. The van der Waals surface area contributed by atoms with Crippen molar-refractivity contribution in [2.45, 2.75) is 44.4 Å². The highest BCUT2D eigenvalue weighted by molar-refractivity contribution is 7.99. The Hall–Kier alpha value is -2.80. The second-order valence-corrected chi connectivity index (χ2v) is 8.10. The molecule has 1 amide bonds. The Balaban J connectivity index is 1.20. The molecule has 0 bridgehead atoms. The Kier molecular flexibility index (Phi) is 6.14. The van der Waals surface area contributed by atoms with Crippen molar-refractivity contribution in [1.29, 1.82) is 0 Å². The number of rotatable bonds is 8. The molecule has 2 aromatic carbocycles. The number of fused-ring (bicyclic) bond motifs is 1. The van der Waals surface area contributed by atoms with E-state index < -0.39 is 0 Å². The number of aryl methyl sites for hydroxylation is 3. The first-order valence-electron chi connectivity index (χ1n) is 9.72. The van der Waals surface area contributed by atoms with E-state index in [0.717, 1.165) is 29.8 Å². The maximum atomic E-state index is 12.2. The van der Waals surface area contributed by atoms with Crippen LogP contribution >= 0.6 is 11.8 Å². The first-order chi connectivity index (χ1) is 14.2. The van der Waals surface area contributed by atoms with E-state index in [4.69, 9.17) is 9.15 Å². The third-order valence-corrected chi connectivity index (χ3v) is 5.56. The molecule has 0 radical (unpaired) electrons. The molecule has 4 rings (SSSR count). The molecule has 0 fully saturated rings.